The van der Waals surface area contributed by atoms with Crippen LogP contribution in [0.3, 0.4) is 0 Å². The van der Waals surface area contributed by atoms with E-state index in [0.29, 0.717) is 4.90 Å². The van der Waals surface area contributed by atoms with Gasteiger partial charge in [-0.25, -0.2) is 0 Å². The Kier molecular flexibility index (Phi) is 3.54. The van der Waals surface area contributed by atoms with Gasteiger partial charge in [-0.1, -0.05) is 54.2 Å². The molecule has 21 heavy (non-hydrogen) atoms. The number of rotatable bonds is 2. The third kappa shape index (κ3) is 2.58. The highest BCUT2D eigenvalue weighted by atomic mass is 32.2. The number of fused-ring (bicyclic) bond motifs is 1. The van der Waals surface area contributed by atoms with Crippen molar-refractivity contribution in [3.63, 3.8) is 0 Å². The van der Waals surface area contributed by atoms with Gasteiger partial charge in [-0.05, 0) is 29.0 Å². The summed E-state index contributed by atoms with van der Waals surface area (Å²) in [6, 6.07) is 18.2. The predicted molar refractivity (Wildman–Crippen MR) is 84.1 cm³/mol. The molecule has 3 rings (SSSR count). The maximum Gasteiger partial charge on any atom is 0.224 e. The van der Waals surface area contributed by atoms with Gasteiger partial charge < -0.3 is 10.2 Å². The van der Waals surface area contributed by atoms with Gasteiger partial charge in [-0.2, -0.15) is 0 Å². The Balaban J connectivity index is 2.14. The molecule has 3 aromatic rings. The summed E-state index contributed by atoms with van der Waals surface area (Å²) in [6.07, 6.45) is 0. The topological polar surface area (TPSA) is 57.5 Å². The van der Waals surface area contributed by atoms with Crippen LogP contribution in [0.4, 0.5) is 0 Å². The third-order valence-electron chi connectivity index (χ3n) is 3.16. The smallest absolute Gasteiger partial charge is 0.224 e. The van der Waals surface area contributed by atoms with Crippen molar-refractivity contribution in [1.29, 1.82) is 0 Å². The summed E-state index contributed by atoms with van der Waals surface area (Å²) >= 11 is 1.31. The second kappa shape index (κ2) is 5.50. The van der Waals surface area contributed by atoms with Gasteiger partial charge in [-0.15, -0.1) is 0 Å². The van der Waals surface area contributed by atoms with Crippen molar-refractivity contribution in [2.45, 2.75) is 9.79 Å². The third-order valence-corrected chi connectivity index (χ3v) is 4.28. The van der Waals surface area contributed by atoms with E-state index in [1.165, 1.54) is 23.9 Å². The molecule has 0 aliphatic rings. The van der Waals surface area contributed by atoms with Gasteiger partial charge in [-0.3, -0.25) is 4.79 Å². The van der Waals surface area contributed by atoms with Crippen LogP contribution in [0, 0.1) is 0 Å². The van der Waals surface area contributed by atoms with Crippen LogP contribution in [-0.4, -0.2) is 10.2 Å². The minimum absolute atomic E-state index is 0.386. The highest BCUT2D eigenvalue weighted by molar-refractivity contribution is 7.99. The van der Waals surface area contributed by atoms with E-state index in [0.717, 1.165) is 15.7 Å². The van der Waals surface area contributed by atoms with Gasteiger partial charge in [0.05, 0.1) is 4.90 Å². The number of aromatic hydroxyl groups is 2. The van der Waals surface area contributed by atoms with Crippen LogP contribution >= 0.6 is 11.8 Å². The van der Waals surface area contributed by atoms with E-state index in [1.807, 2.05) is 42.5 Å². The zero-order chi connectivity index (χ0) is 14.8. The molecular weight excluding hydrogens is 284 g/mol. The molecule has 2 N–H and O–H groups in total. The maximum atomic E-state index is 11.4. The molecule has 0 aliphatic heterocycles. The van der Waals surface area contributed by atoms with Crippen molar-refractivity contribution < 1.29 is 10.2 Å². The first-order valence-corrected chi connectivity index (χ1v) is 7.19. The van der Waals surface area contributed by atoms with E-state index < -0.39 is 11.2 Å². The Morgan fingerprint density at radius 2 is 1.38 bits per heavy atom. The summed E-state index contributed by atoms with van der Waals surface area (Å²) in [7, 11) is 0. The average molecular weight is 296 g/mol. The zero-order valence-corrected chi connectivity index (χ0v) is 11.8. The van der Waals surface area contributed by atoms with Crippen LogP contribution in [0.2, 0.25) is 0 Å². The van der Waals surface area contributed by atoms with Crippen molar-refractivity contribution in [3.05, 3.63) is 70.9 Å². The second-order valence-electron chi connectivity index (χ2n) is 4.53. The monoisotopic (exact) mass is 296 g/mol. The molecule has 0 bridgehead atoms. The Hall–Kier alpha value is -2.46. The van der Waals surface area contributed by atoms with Crippen molar-refractivity contribution >= 4 is 22.5 Å². The van der Waals surface area contributed by atoms with E-state index >= 15 is 0 Å². The number of benzene rings is 2. The molecule has 0 amide bonds. The molecule has 0 fully saturated rings. The number of hydrogen-bond donors (Lipinski definition) is 2. The van der Waals surface area contributed by atoms with Crippen LogP contribution in [0.25, 0.3) is 10.8 Å². The Bertz CT molecular complexity index is 869. The second-order valence-corrected chi connectivity index (χ2v) is 5.61. The van der Waals surface area contributed by atoms with Gasteiger partial charge in [0.15, 0.2) is 5.75 Å². The van der Waals surface area contributed by atoms with Gasteiger partial charge in [0.2, 0.25) is 11.2 Å². The molecule has 0 spiro atoms. The van der Waals surface area contributed by atoms with E-state index in [-0.39, 0.29) is 5.75 Å². The lowest BCUT2D eigenvalue weighted by Crippen LogP contribution is -1.92. The van der Waals surface area contributed by atoms with Crippen molar-refractivity contribution in [2.75, 3.05) is 0 Å². The molecule has 0 saturated heterocycles. The lowest BCUT2D eigenvalue weighted by Gasteiger charge is -2.06. The summed E-state index contributed by atoms with van der Waals surface area (Å²) in [5, 5.41) is 21.8. The fraction of sp³-hybridized carbons (Fsp3) is 0. The summed E-state index contributed by atoms with van der Waals surface area (Å²) in [5.74, 6) is -1.01. The minimum Gasteiger partial charge on any atom is -0.503 e. The molecule has 0 unspecified atom stereocenters. The summed E-state index contributed by atoms with van der Waals surface area (Å²) in [5.41, 5.74) is -0.600. The quantitative estimate of drug-likeness (QED) is 0.756. The largest absolute Gasteiger partial charge is 0.503 e. The zero-order valence-electron chi connectivity index (χ0n) is 11.0. The summed E-state index contributed by atoms with van der Waals surface area (Å²) in [4.78, 5) is 12.8. The molecular formula is C17H12O3S. The van der Waals surface area contributed by atoms with Crippen LogP contribution in [0.15, 0.2) is 75.2 Å². The Labute approximate surface area is 125 Å². The standard InChI is InChI=1S/C17H12O3S/c18-13-8-4-10-15(17(20)16(13)19)21-14-9-3-6-11-5-1-2-7-12(11)14/h1-10H,(H2,18,19,20). The van der Waals surface area contributed by atoms with Crippen LogP contribution in [0.5, 0.6) is 11.5 Å². The SMILES string of the molecule is O=c1cccc(Sc2cccc3ccccc23)c(O)c1O. The molecule has 0 aliphatic carbocycles. The number of hydrogen-bond acceptors (Lipinski definition) is 4. The van der Waals surface area contributed by atoms with Crippen molar-refractivity contribution in [2.24, 2.45) is 0 Å². The van der Waals surface area contributed by atoms with Crippen LogP contribution < -0.4 is 5.43 Å². The summed E-state index contributed by atoms with van der Waals surface area (Å²) < 4.78 is 0. The lowest BCUT2D eigenvalue weighted by molar-refractivity contribution is 0.394. The van der Waals surface area contributed by atoms with Gasteiger partial charge in [0, 0.05) is 4.90 Å². The van der Waals surface area contributed by atoms with Gasteiger partial charge >= 0.3 is 0 Å². The first-order valence-electron chi connectivity index (χ1n) is 6.37. The van der Waals surface area contributed by atoms with Crippen molar-refractivity contribution in [1.82, 2.24) is 0 Å². The Morgan fingerprint density at radius 3 is 2.24 bits per heavy atom. The van der Waals surface area contributed by atoms with Crippen LogP contribution in [-0.2, 0) is 0 Å². The first kappa shape index (κ1) is 13.5. The first-order chi connectivity index (χ1) is 10.2. The highest BCUT2D eigenvalue weighted by Crippen LogP contribution is 2.39. The molecule has 104 valence electrons. The van der Waals surface area contributed by atoms with Crippen LogP contribution in [0.1, 0.15) is 0 Å². The predicted octanol–water partition coefficient (Wildman–Crippen LogP) is 3.76. The fourth-order valence-electron chi connectivity index (χ4n) is 2.10. The fourth-order valence-corrected chi connectivity index (χ4v) is 3.12. The van der Waals surface area contributed by atoms with E-state index in [1.54, 1.807) is 6.07 Å². The molecule has 3 nitrogen and oxygen atoms in total. The van der Waals surface area contributed by atoms with E-state index in [9.17, 15) is 15.0 Å². The van der Waals surface area contributed by atoms with Crippen molar-refractivity contribution in [3.8, 4) is 11.5 Å². The molecule has 0 atom stereocenters. The van der Waals surface area contributed by atoms with Gasteiger partial charge in [0.1, 0.15) is 0 Å². The summed E-state index contributed by atoms with van der Waals surface area (Å²) in [6.45, 7) is 0. The lowest BCUT2D eigenvalue weighted by atomic mass is 10.1. The average Bonchev–Trinajstić information content (AvgIpc) is 2.62. The van der Waals surface area contributed by atoms with E-state index in [2.05, 4.69) is 0 Å². The molecule has 0 radical (unpaired) electrons. The molecule has 0 heterocycles. The molecule has 0 aromatic heterocycles. The maximum absolute atomic E-state index is 11.4. The van der Waals surface area contributed by atoms with Gasteiger partial charge in [0.25, 0.3) is 0 Å². The Morgan fingerprint density at radius 1 is 0.714 bits per heavy atom. The highest BCUT2D eigenvalue weighted by Gasteiger charge is 2.10. The van der Waals surface area contributed by atoms with E-state index in [4.69, 9.17) is 0 Å². The normalized spacial score (nSPS) is 10.7. The molecule has 3 aromatic carbocycles. The minimum atomic E-state index is -0.622. The molecule has 0 saturated carbocycles. The molecule has 4 heteroatoms.